The van der Waals surface area contributed by atoms with Crippen LogP contribution < -0.4 is 10.6 Å². The van der Waals surface area contributed by atoms with Crippen molar-refractivity contribution in [3.8, 4) is 11.1 Å². The SMILES string of the molecule is O=C(NCC1CC1C(=O)NC[C@H]1CCC[C@H]1C(=O)O)OCC1c2ccccc2-c2ccccc21. The summed E-state index contributed by atoms with van der Waals surface area (Å²) in [5.41, 5.74) is 4.71. The van der Waals surface area contributed by atoms with Crippen LogP contribution in [0.3, 0.4) is 0 Å². The number of nitrogens with one attached hydrogen (secondary N) is 2. The number of carboxylic acid groups (broad SMARTS) is 1. The van der Waals surface area contributed by atoms with Gasteiger partial charge in [-0.3, -0.25) is 9.59 Å². The van der Waals surface area contributed by atoms with E-state index in [1.165, 1.54) is 22.3 Å². The second-order valence-electron chi connectivity index (χ2n) is 9.69. The fraction of sp³-hybridized carbons (Fsp3) is 0.444. The molecule has 34 heavy (non-hydrogen) atoms. The van der Waals surface area contributed by atoms with Gasteiger partial charge in [0, 0.05) is 24.9 Å². The van der Waals surface area contributed by atoms with E-state index in [1.54, 1.807) is 0 Å². The lowest BCUT2D eigenvalue weighted by Crippen LogP contribution is -2.35. The number of benzene rings is 2. The fourth-order valence-corrected chi connectivity index (χ4v) is 5.63. The normalized spacial score (nSPS) is 24.7. The van der Waals surface area contributed by atoms with Crippen molar-refractivity contribution in [2.24, 2.45) is 23.7 Å². The molecule has 0 bridgehead atoms. The van der Waals surface area contributed by atoms with E-state index in [2.05, 4.69) is 34.9 Å². The molecule has 178 valence electrons. The van der Waals surface area contributed by atoms with Crippen molar-refractivity contribution in [2.75, 3.05) is 19.7 Å². The summed E-state index contributed by atoms with van der Waals surface area (Å²) in [6.07, 6.45) is 2.68. The maximum atomic E-state index is 12.4. The Morgan fingerprint density at radius 1 is 0.853 bits per heavy atom. The number of amides is 2. The first-order valence-corrected chi connectivity index (χ1v) is 12.1. The van der Waals surface area contributed by atoms with Crippen molar-refractivity contribution in [3.05, 3.63) is 59.7 Å². The lowest BCUT2D eigenvalue weighted by atomic mass is 9.96. The molecule has 2 amide bonds. The third kappa shape index (κ3) is 4.52. The number of alkyl carbamates (subject to hydrolysis) is 1. The second kappa shape index (κ2) is 9.49. The number of carbonyl (C=O) groups excluding carboxylic acids is 2. The molecule has 0 radical (unpaired) electrons. The smallest absolute Gasteiger partial charge is 0.407 e. The molecule has 2 fully saturated rings. The van der Waals surface area contributed by atoms with Crippen molar-refractivity contribution in [3.63, 3.8) is 0 Å². The predicted molar refractivity (Wildman–Crippen MR) is 126 cm³/mol. The number of carboxylic acids is 1. The molecule has 0 aromatic heterocycles. The molecule has 2 aromatic carbocycles. The molecule has 7 heteroatoms. The van der Waals surface area contributed by atoms with Gasteiger partial charge in [0.2, 0.25) is 5.91 Å². The van der Waals surface area contributed by atoms with Gasteiger partial charge in [0.15, 0.2) is 0 Å². The summed E-state index contributed by atoms with van der Waals surface area (Å²) in [7, 11) is 0. The van der Waals surface area contributed by atoms with Gasteiger partial charge in [-0.25, -0.2) is 4.79 Å². The average molecular weight is 463 g/mol. The average Bonchev–Trinajstić information content (AvgIpc) is 3.34. The number of aliphatic carboxylic acids is 1. The highest BCUT2D eigenvalue weighted by atomic mass is 16.5. The first kappa shape index (κ1) is 22.4. The summed E-state index contributed by atoms with van der Waals surface area (Å²) in [5.74, 6) is -1.17. The second-order valence-corrected chi connectivity index (χ2v) is 9.69. The van der Waals surface area contributed by atoms with Crippen molar-refractivity contribution in [1.82, 2.24) is 10.6 Å². The van der Waals surface area contributed by atoms with Crippen LogP contribution in [0.25, 0.3) is 11.1 Å². The van der Waals surface area contributed by atoms with E-state index in [0.29, 0.717) is 19.5 Å². The number of rotatable bonds is 8. The van der Waals surface area contributed by atoms with Gasteiger partial charge >= 0.3 is 12.1 Å². The Balaban J connectivity index is 1.06. The standard InChI is InChI=1S/C27H30N2O5/c30-25(28-13-16-6-5-11-18(16)26(31)32)23-12-17(23)14-29-27(33)34-15-24-21-9-3-1-7-19(21)20-8-2-4-10-22(20)24/h1-4,7-10,16-18,23-24H,5-6,11-15H2,(H,28,30)(H,29,33)(H,31,32)/t16-,17?,18-,23?/m1/s1. The minimum atomic E-state index is -0.770. The van der Waals surface area contributed by atoms with Crippen molar-refractivity contribution >= 4 is 18.0 Å². The Morgan fingerprint density at radius 3 is 2.18 bits per heavy atom. The van der Waals surface area contributed by atoms with Crippen LogP contribution in [0.5, 0.6) is 0 Å². The molecule has 3 N–H and O–H groups in total. The summed E-state index contributed by atoms with van der Waals surface area (Å²) >= 11 is 0. The molecular formula is C27H30N2O5. The van der Waals surface area contributed by atoms with E-state index in [4.69, 9.17) is 4.74 Å². The number of hydrogen-bond donors (Lipinski definition) is 3. The topological polar surface area (TPSA) is 105 Å². The molecule has 5 rings (SSSR count). The van der Waals surface area contributed by atoms with Gasteiger partial charge in [-0.15, -0.1) is 0 Å². The molecule has 0 heterocycles. The largest absolute Gasteiger partial charge is 0.481 e. The Bertz CT molecular complexity index is 1050. The van der Waals surface area contributed by atoms with Gasteiger partial charge in [0.1, 0.15) is 6.61 Å². The lowest BCUT2D eigenvalue weighted by molar-refractivity contribution is -0.143. The zero-order valence-electron chi connectivity index (χ0n) is 19.0. The van der Waals surface area contributed by atoms with E-state index in [9.17, 15) is 19.5 Å². The highest BCUT2D eigenvalue weighted by Gasteiger charge is 2.43. The molecule has 2 unspecified atom stereocenters. The number of ether oxygens (including phenoxy) is 1. The highest BCUT2D eigenvalue weighted by Crippen LogP contribution is 2.44. The minimum Gasteiger partial charge on any atom is -0.481 e. The van der Waals surface area contributed by atoms with Gasteiger partial charge in [0.25, 0.3) is 0 Å². The van der Waals surface area contributed by atoms with Gasteiger partial charge < -0.3 is 20.5 Å². The van der Waals surface area contributed by atoms with Crippen molar-refractivity contribution in [1.29, 1.82) is 0 Å². The number of fused-ring (bicyclic) bond motifs is 3. The molecule has 3 aliphatic carbocycles. The number of carbonyl (C=O) groups is 3. The maximum absolute atomic E-state index is 12.4. The fourth-order valence-electron chi connectivity index (χ4n) is 5.63. The van der Waals surface area contributed by atoms with Gasteiger partial charge in [0.05, 0.1) is 5.92 Å². The van der Waals surface area contributed by atoms with Gasteiger partial charge in [-0.1, -0.05) is 55.0 Å². The first-order valence-electron chi connectivity index (χ1n) is 12.1. The predicted octanol–water partition coefficient (Wildman–Crippen LogP) is 3.78. The van der Waals surface area contributed by atoms with Crippen LogP contribution in [0.2, 0.25) is 0 Å². The maximum Gasteiger partial charge on any atom is 0.407 e. The van der Waals surface area contributed by atoms with E-state index in [1.807, 2.05) is 24.3 Å². The Morgan fingerprint density at radius 2 is 1.50 bits per heavy atom. The van der Waals surface area contributed by atoms with Gasteiger partial charge in [-0.2, -0.15) is 0 Å². The number of hydrogen-bond acceptors (Lipinski definition) is 4. The van der Waals surface area contributed by atoms with Crippen molar-refractivity contribution in [2.45, 2.75) is 31.6 Å². The van der Waals surface area contributed by atoms with E-state index in [0.717, 1.165) is 19.3 Å². The summed E-state index contributed by atoms with van der Waals surface area (Å²) in [6, 6.07) is 16.4. The molecule has 7 nitrogen and oxygen atoms in total. The van der Waals surface area contributed by atoms with E-state index < -0.39 is 12.1 Å². The van der Waals surface area contributed by atoms with Crippen LogP contribution in [0.4, 0.5) is 4.79 Å². The third-order valence-corrected chi connectivity index (χ3v) is 7.63. The zero-order valence-corrected chi connectivity index (χ0v) is 19.0. The van der Waals surface area contributed by atoms with Crippen molar-refractivity contribution < 1.29 is 24.2 Å². The zero-order chi connectivity index (χ0) is 23.7. The van der Waals surface area contributed by atoms with Gasteiger partial charge in [-0.05, 0) is 53.4 Å². The third-order valence-electron chi connectivity index (χ3n) is 7.63. The monoisotopic (exact) mass is 462 g/mol. The van der Waals surface area contributed by atoms with E-state index in [-0.39, 0.29) is 42.1 Å². The molecule has 2 aromatic rings. The summed E-state index contributed by atoms with van der Waals surface area (Å²) in [4.78, 5) is 36.1. The van der Waals surface area contributed by atoms with Crippen LogP contribution in [0.15, 0.2) is 48.5 Å². The Kier molecular flexibility index (Phi) is 6.26. The minimum absolute atomic E-state index is 0.0117. The summed E-state index contributed by atoms with van der Waals surface area (Å²) < 4.78 is 5.56. The Hall–Kier alpha value is -3.35. The van der Waals surface area contributed by atoms with Crippen LogP contribution in [-0.2, 0) is 14.3 Å². The van der Waals surface area contributed by atoms with Crippen LogP contribution in [0, 0.1) is 23.7 Å². The molecule has 2 saturated carbocycles. The molecule has 0 saturated heterocycles. The lowest BCUT2D eigenvalue weighted by Gasteiger charge is -2.16. The quantitative estimate of drug-likeness (QED) is 0.554. The van der Waals surface area contributed by atoms with E-state index >= 15 is 0 Å². The summed E-state index contributed by atoms with van der Waals surface area (Å²) in [6.45, 7) is 1.08. The molecule has 4 atom stereocenters. The Labute approximate surface area is 198 Å². The first-order chi connectivity index (χ1) is 16.5. The summed E-state index contributed by atoms with van der Waals surface area (Å²) in [5, 5.41) is 15.0. The molecule has 0 spiro atoms. The van der Waals surface area contributed by atoms with Crippen LogP contribution in [-0.4, -0.2) is 42.8 Å². The molecule has 0 aliphatic heterocycles. The van der Waals surface area contributed by atoms with Crippen LogP contribution in [0.1, 0.15) is 42.7 Å². The molecule has 3 aliphatic rings. The van der Waals surface area contributed by atoms with Crippen LogP contribution >= 0.6 is 0 Å². The molecular weight excluding hydrogens is 432 g/mol. The highest BCUT2D eigenvalue weighted by molar-refractivity contribution is 5.82.